The van der Waals surface area contributed by atoms with E-state index in [1.54, 1.807) is 12.1 Å². The molecule has 2 fully saturated rings. The third-order valence-electron chi connectivity index (χ3n) is 7.99. The molecule has 0 atom stereocenters. The van der Waals surface area contributed by atoms with E-state index in [-0.39, 0.29) is 11.6 Å². The maximum absolute atomic E-state index is 12.9. The number of imidazole rings is 1. The molecule has 4 aromatic rings. The Morgan fingerprint density at radius 3 is 2.36 bits per heavy atom. The zero-order chi connectivity index (χ0) is 26.9. The van der Waals surface area contributed by atoms with Gasteiger partial charge in [-0.1, -0.05) is 36.6 Å². The standard InChI is InChI=1S/C30H30ClN5O3/c31-25-7-3-6-23(18-25)24-10-13-28-32-29(21-8-11-26(12-9-21)36(38)39)27(35(28)19-24)20-33-14-16-34(17-15-33)30(37)22-4-1-2-5-22/h3,6-13,18-19,22H,1-2,4-5,14-17,20H2. The first kappa shape index (κ1) is 25.5. The summed E-state index contributed by atoms with van der Waals surface area (Å²) in [5.74, 6) is 0.522. The van der Waals surface area contributed by atoms with Gasteiger partial charge >= 0.3 is 0 Å². The zero-order valence-electron chi connectivity index (χ0n) is 21.6. The average Bonchev–Trinajstić information content (AvgIpc) is 3.62. The second-order valence-electron chi connectivity index (χ2n) is 10.5. The average molecular weight is 544 g/mol. The number of halogens is 1. The minimum absolute atomic E-state index is 0.0513. The van der Waals surface area contributed by atoms with Crippen LogP contribution in [0.1, 0.15) is 31.4 Å². The summed E-state index contributed by atoms with van der Waals surface area (Å²) in [6, 6.07) is 18.4. The first-order valence-corrected chi connectivity index (χ1v) is 13.9. The lowest BCUT2D eigenvalue weighted by Gasteiger charge is -2.36. The van der Waals surface area contributed by atoms with Gasteiger partial charge in [-0.05, 0) is 60.4 Å². The number of amides is 1. The van der Waals surface area contributed by atoms with Crippen molar-refractivity contribution in [1.29, 1.82) is 0 Å². The molecule has 8 nitrogen and oxygen atoms in total. The van der Waals surface area contributed by atoms with E-state index in [1.807, 2.05) is 41.3 Å². The van der Waals surface area contributed by atoms with Crippen LogP contribution in [0.25, 0.3) is 28.0 Å². The van der Waals surface area contributed by atoms with E-state index in [4.69, 9.17) is 16.6 Å². The number of nitro groups is 1. The first-order valence-electron chi connectivity index (χ1n) is 13.5. The number of pyridine rings is 1. The van der Waals surface area contributed by atoms with Crippen LogP contribution < -0.4 is 0 Å². The number of benzene rings is 2. The van der Waals surface area contributed by atoms with Gasteiger partial charge in [0.15, 0.2) is 0 Å². The second kappa shape index (κ2) is 10.8. The normalized spacial score (nSPS) is 16.7. The third kappa shape index (κ3) is 5.27. The molecule has 2 aromatic carbocycles. The number of rotatable bonds is 6. The molecule has 1 amide bonds. The van der Waals surface area contributed by atoms with E-state index < -0.39 is 4.92 Å². The predicted molar refractivity (Wildman–Crippen MR) is 152 cm³/mol. The van der Waals surface area contributed by atoms with Crippen LogP contribution in [0.15, 0.2) is 66.9 Å². The van der Waals surface area contributed by atoms with Crippen molar-refractivity contribution in [3.63, 3.8) is 0 Å². The Balaban J connectivity index is 1.32. The lowest BCUT2D eigenvalue weighted by Crippen LogP contribution is -2.49. The molecule has 0 N–H and O–H groups in total. The number of nitrogens with zero attached hydrogens (tertiary/aromatic N) is 5. The predicted octanol–water partition coefficient (Wildman–Crippen LogP) is 6.06. The van der Waals surface area contributed by atoms with Crippen molar-refractivity contribution in [1.82, 2.24) is 19.2 Å². The number of non-ortho nitro benzene ring substituents is 1. The summed E-state index contributed by atoms with van der Waals surface area (Å²) in [6.07, 6.45) is 6.45. The molecule has 0 radical (unpaired) electrons. The molecule has 1 aliphatic carbocycles. The van der Waals surface area contributed by atoms with Gasteiger partial charge in [0.1, 0.15) is 5.65 Å². The van der Waals surface area contributed by atoms with E-state index in [9.17, 15) is 14.9 Å². The van der Waals surface area contributed by atoms with Crippen LogP contribution in [0.4, 0.5) is 5.69 Å². The highest BCUT2D eigenvalue weighted by Gasteiger charge is 2.30. The van der Waals surface area contributed by atoms with Crippen LogP contribution in [0.2, 0.25) is 5.02 Å². The van der Waals surface area contributed by atoms with Gasteiger partial charge in [-0.2, -0.15) is 0 Å². The summed E-state index contributed by atoms with van der Waals surface area (Å²) >= 11 is 6.27. The van der Waals surface area contributed by atoms with Crippen LogP contribution in [0, 0.1) is 16.0 Å². The Labute approximate surface area is 232 Å². The fourth-order valence-corrected chi connectivity index (χ4v) is 6.01. The topological polar surface area (TPSA) is 84.0 Å². The van der Waals surface area contributed by atoms with Gasteiger partial charge in [0.2, 0.25) is 5.91 Å². The number of piperazine rings is 1. The highest BCUT2D eigenvalue weighted by molar-refractivity contribution is 6.30. The van der Waals surface area contributed by atoms with E-state index in [2.05, 4.69) is 15.5 Å². The summed E-state index contributed by atoms with van der Waals surface area (Å²) in [6.45, 7) is 3.69. The molecule has 1 aliphatic heterocycles. The van der Waals surface area contributed by atoms with Crippen molar-refractivity contribution in [3.05, 3.63) is 87.7 Å². The minimum Gasteiger partial charge on any atom is -0.340 e. The number of hydrogen-bond acceptors (Lipinski definition) is 5. The van der Waals surface area contributed by atoms with E-state index in [0.29, 0.717) is 17.5 Å². The maximum Gasteiger partial charge on any atom is 0.269 e. The first-order chi connectivity index (χ1) is 19.0. The molecule has 39 heavy (non-hydrogen) atoms. The SMILES string of the molecule is O=C(C1CCCC1)N1CCN(Cc2c(-c3ccc([N+](=O)[O-])cc3)nc3ccc(-c4cccc(Cl)c4)cn23)CC1. The van der Waals surface area contributed by atoms with Crippen LogP contribution in [0.5, 0.6) is 0 Å². The van der Waals surface area contributed by atoms with Crippen LogP contribution >= 0.6 is 11.6 Å². The Morgan fingerprint density at radius 2 is 1.67 bits per heavy atom. The monoisotopic (exact) mass is 543 g/mol. The van der Waals surface area contributed by atoms with Crippen molar-refractivity contribution in [3.8, 4) is 22.4 Å². The van der Waals surface area contributed by atoms with E-state index in [0.717, 1.165) is 85.6 Å². The fourth-order valence-electron chi connectivity index (χ4n) is 5.82. The van der Waals surface area contributed by atoms with Gasteiger partial charge in [0.05, 0.1) is 16.3 Å². The quantitative estimate of drug-likeness (QED) is 0.218. The molecule has 1 saturated carbocycles. The molecule has 9 heteroatoms. The summed E-state index contributed by atoms with van der Waals surface area (Å²) in [7, 11) is 0. The highest BCUT2D eigenvalue weighted by Crippen LogP contribution is 2.31. The number of aromatic nitrogens is 2. The van der Waals surface area contributed by atoms with Crippen LogP contribution in [-0.2, 0) is 11.3 Å². The molecule has 2 aliphatic rings. The lowest BCUT2D eigenvalue weighted by atomic mass is 10.1. The Hall–Kier alpha value is -3.75. The maximum atomic E-state index is 12.9. The van der Waals surface area contributed by atoms with Crippen LogP contribution in [0.3, 0.4) is 0 Å². The Morgan fingerprint density at radius 1 is 0.949 bits per heavy atom. The summed E-state index contributed by atoms with van der Waals surface area (Å²) in [4.78, 5) is 33.1. The zero-order valence-corrected chi connectivity index (χ0v) is 22.4. The molecule has 0 bridgehead atoms. The van der Waals surface area contributed by atoms with Crippen molar-refractivity contribution in [2.24, 2.45) is 5.92 Å². The van der Waals surface area contributed by atoms with Gasteiger partial charge in [-0.15, -0.1) is 0 Å². The largest absolute Gasteiger partial charge is 0.340 e. The van der Waals surface area contributed by atoms with Crippen molar-refractivity contribution < 1.29 is 9.72 Å². The van der Waals surface area contributed by atoms with Crippen LogP contribution in [-0.4, -0.2) is 56.2 Å². The number of nitro benzene ring substituents is 1. The molecule has 6 rings (SSSR count). The number of carbonyl (C=O) groups excluding carboxylic acids is 1. The second-order valence-corrected chi connectivity index (χ2v) is 10.9. The minimum atomic E-state index is -0.391. The number of fused-ring (bicyclic) bond motifs is 1. The number of hydrogen-bond donors (Lipinski definition) is 0. The van der Waals surface area contributed by atoms with Crippen molar-refractivity contribution in [2.45, 2.75) is 32.2 Å². The molecule has 1 saturated heterocycles. The van der Waals surface area contributed by atoms with Gasteiger partial charge < -0.3 is 9.30 Å². The van der Waals surface area contributed by atoms with Gasteiger partial charge in [-0.25, -0.2) is 4.98 Å². The lowest BCUT2D eigenvalue weighted by molar-refractivity contribution is -0.384. The Bertz CT molecular complexity index is 1520. The van der Waals surface area contributed by atoms with Gasteiger partial charge in [0.25, 0.3) is 5.69 Å². The van der Waals surface area contributed by atoms with Gasteiger partial charge in [0, 0.05) is 67.6 Å². The molecular formula is C30H30ClN5O3. The van der Waals surface area contributed by atoms with E-state index >= 15 is 0 Å². The molecule has 2 aromatic heterocycles. The molecule has 200 valence electrons. The van der Waals surface area contributed by atoms with E-state index in [1.165, 1.54) is 12.1 Å². The smallest absolute Gasteiger partial charge is 0.269 e. The molecule has 0 unspecified atom stereocenters. The molecule has 0 spiro atoms. The fraction of sp³-hybridized carbons (Fsp3) is 0.333. The summed E-state index contributed by atoms with van der Waals surface area (Å²) in [5.41, 5.74) is 5.54. The van der Waals surface area contributed by atoms with Crippen molar-refractivity contribution in [2.75, 3.05) is 26.2 Å². The van der Waals surface area contributed by atoms with Crippen molar-refractivity contribution >= 4 is 28.8 Å². The summed E-state index contributed by atoms with van der Waals surface area (Å²) in [5, 5.41) is 11.9. The number of carbonyl (C=O) groups is 1. The Kier molecular flexibility index (Phi) is 7.06. The third-order valence-corrected chi connectivity index (χ3v) is 8.22. The molecule has 3 heterocycles. The summed E-state index contributed by atoms with van der Waals surface area (Å²) < 4.78 is 2.11. The molecular weight excluding hydrogens is 514 g/mol. The van der Waals surface area contributed by atoms with Gasteiger partial charge in [-0.3, -0.25) is 19.8 Å². The highest BCUT2D eigenvalue weighted by atomic mass is 35.5.